The molecule has 2 fully saturated rings. The van der Waals surface area contributed by atoms with Gasteiger partial charge in [0.05, 0.1) is 13.0 Å². The monoisotopic (exact) mass is 678 g/mol. The van der Waals surface area contributed by atoms with Gasteiger partial charge in [0.2, 0.25) is 5.91 Å². The lowest BCUT2D eigenvalue weighted by molar-refractivity contribution is -0.298. The van der Waals surface area contributed by atoms with Gasteiger partial charge >= 0.3 is 5.97 Å². The molecule has 0 bridgehead atoms. The number of benzene rings is 1. The number of carbonyl (C=O) groups is 3. The van der Waals surface area contributed by atoms with E-state index >= 15 is 0 Å². The van der Waals surface area contributed by atoms with Crippen molar-refractivity contribution in [3.63, 3.8) is 0 Å². The molecule has 1 aromatic heterocycles. The summed E-state index contributed by atoms with van der Waals surface area (Å²) in [6.45, 7) is 10.1. The second kappa shape index (κ2) is 18.3. The SMILES string of the molecule is CCCCCCCCCCC(Cc1ccccc1)C(=O)NC1CCCCC1C(CC(=O)O)c1[nH]ccc1C(=O)C1OC(C)(C)OCC1(C)C. The highest BCUT2D eigenvalue weighted by atomic mass is 16.7. The first-order valence-electron chi connectivity index (χ1n) is 19.0. The third kappa shape index (κ3) is 11.3. The van der Waals surface area contributed by atoms with Gasteiger partial charge in [-0.1, -0.05) is 115 Å². The molecule has 5 atom stereocenters. The van der Waals surface area contributed by atoms with Crippen molar-refractivity contribution in [3.8, 4) is 0 Å². The Kier molecular flexibility index (Phi) is 14.5. The van der Waals surface area contributed by atoms with Crippen molar-refractivity contribution in [2.24, 2.45) is 17.3 Å². The van der Waals surface area contributed by atoms with Crippen molar-refractivity contribution < 1.29 is 29.0 Å². The van der Waals surface area contributed by atoms with Crippen LogP contribution in [0.25, 0.3) is 0 Å². The fourth-order valence-electron chi connectivity index (χ4n) is 7.89. The zero-order valence-electron chi connectivity index (χ0n) is 30.7. The lowest BCUT2D eigenvalue weighted by Gasteiger charge is -2.45. The molecule has 4 rings (SSSR count). The van der Waals surface area contributed by atoms with Gasteiger partial charge in [0.25, 0.3) is 0 Å². The molecule has 1 amide bonds. The van der Waals surface area contributed by atoms with Crippen LogP contribution in [0.4, 0.5) is 0 Å². The zero-order valence-corrected chi connectivity index (χ0v) is 30.7. The molecule has 0 spiro atoms. The molecule has 2 aromatic rings. The first-order chi connectivity index (χ1) is 23.4. The Morgan fingerprint density at radius 3 is 2.31 bits per heavy atom. The maximum Gasteiger partial charge on any atom is 0.304 e. The number of Topliss-reactive ketones (excluding diaryl/α,β-unsaturated/α-hetero) is 1. The number of H-pyrrole nitrogens is 1. The number of aromatic amines is 1. The van der Waals surface area contributed by atoms with Crippen LogP contribution in [0.15, 0.2) is 42.6 Å². The van der Waals surface area contributed by atoms with E-state index in [-0.39, 0.29) is 36.0 Å². The number of ether oxygens (including phenoxy) is 2. The molecule has 1 aliphatic carbocycles. The van der Waals surface area contributed by atoms with Crippen LogP contribution in [-0.4, -0.2) is 52.3 Å². The molecule has 3 N–H and O–H groups in total. The van der Waals surface area contributed by atoms with Crippen molar-refractivity contribution in [1.82, 2.24) is 10.3 Å². The number of unbranched alkanes of at least 4 members (excludes halogenated alkanes) is 7. The summed E-state index contributed by atoms with van der Waals surface area (Å²) >= 11 is 0. The fourth-order valence-corrected chi connectivity index (χ4v) is 7.89. The van der Waals surface area contributed by atoms with E-state index in [1.165, 1.54) is 38.5 Å². The van der Waals surface area contributed by atoms with Gasteiger partial charge in [0.15, 0.2) is 11.6 Å². The number of hydrogen-bond acceptors (Lipinski definition) is 5. The maximum atomic E-state index is 14.2. The summed E-state index contributed by atoms with van der Waals surface area (Å²) in [7, 11) is 0. The minimum Gasteiger partial charge on any atom is -0.481 e. The number of rotatable bonds is 19. The highest BCUT2D eigenvalue weighted by Gasteiger charge is 2.47. The van der Waals surface area contributed by atoms with Gasteiger partial charge in [0, 0.05) is 40.7 Å². The molecule has 0 radical (unpaired) electrons. The van der Waals surface area contributed by atoms with Crippen molar-refractivity contribution >= 4 is 17.7 Å². The highest BCUT2D eigenvalue weighted by Crippen LogP contribution is 2.42. The van der Waals surface area contributed by atoms with E-state index in [4.69, 9.17) is 9.47 Å². The number of carboxylic acid groups (broad SMARTS) is 1. The first-order valence-corrected chi connectivity index (χ1v) is 19.0. The van der Waals surface area contributed by atoms with E-state index in [9.17, 15) is 19.5 Å². The van der Waals surface area contributed by atoms with E-state index in [0.29, 0.717) is 24.3 Å². The Morgan fingerprint density at radius 1 is 0.939 bits per heavy atom. The van der Waals surface area contributed by atoms with Gasteiger partial charge in [-0.2, -0.15) is 0 Å². The standard InChI is InChI=1S/C41H62N2O6/c1-6-7-8-9-10-11-12-16-21-30(26-29-19-14-13-15-20-29)39(47)43-34-23-18-17-22-31(34)33(27-35(44)45)36-32(24-25-42-36)37(46)38-40(2,3)28-48-41(4,5)49-38/h13-15,19-20,24-25,30-31,33-34,38,42H,6-12,16-18,21-23,26-28H2,1-5H3,(H,43,47)(H,44,45). The van der Waals surface area contributed by atoms with Crippen LogP contribution in [0.3, 0.4) is 0 Å². The largest absolute Gasteiger partial charge is 0.481 e. The number of nitrogens with one attached hydrogen (secondary N) is 2. The molecule has 8 heteroatoms. The second-order valence-electron chi connectivity index (χ2n) is 15.8. The summed E-state index contributed by atoms with van der Waals surface area (Å²) in [5.74, 6) is -2.68. The molecule has 272 valence electrons. The summed E-state index contributed by atoms with van der Waals surface area (Å²) in [4.78, 5) is 44.0. The van der Waals surface area contributed by atoms with Gasteiger partial charge in [-0.3, -0.25) is 14.4 Å². The molecule has 1 saturated heterocycles. The molecule has 5 unspecified atom stereocenters. The molecule has 2 heterocycles. The Balaban J connectivity index is 1.52. The van der Waals surface area contributed by atoms with Crippen molar-refractivity contribution in [1.29, 1.82) is 0 Å². The van der Waals surface area contributed by atoms with E-state index in [1.54, 1.807) is 12.3 Å². The van der Waals surface area contributed by atoms with Crippen LogP contribution in [0.2, 0.25) is 0 Å². The Labute approximate surface area is 294 Å². The number of amides is 1. The lowest BCUT2D eigenvalue weighted by atomic mass is 9.72. The van der Waals surface area contributed by atoms with Crippen molar-refractivity contribution in [2.75, 3.05) is 6.61 Å². The average Bonchev–Trinajstić information content (AvgIpc) is 3.56. The van der Waals surface area contributed by atoms with Gasteiger partial charge < -0.3 is 24.9 Å². The van der Waals surface area contributed by atoms with Gasteiger partial charge in [-0.05, 0) is 57.1 Å². The number of aromatic nitrogens is 1. The van der Waals surface area contributed by atoms with Crippen LogP contribution in [0.5, 0.6) is 0 Å². The molecule has 2 aliphatic rings. The van der Waals surface area contributed by atoms with Crippen LogP contribution >= 0.6 is 0 Å². The van der Waals surface area contributed by atoms with Gasteiger partial charge in [-0.25, -0.2) is 0 Å². The predicted octanol–water partition coefficient (Wildman–Crippen LogP) is 9.00. The minimum absolute atomic E-state index is 0.0557. The highest BCUT2D eigenvalue weighted by molar-refractivity contribution is 6.01. The molecule has 1 aromatic carbocycles. The molecule has 49 heavy (non-hydrogen) atoms. The molecule has 1 saturated carbocycles. The van der Waals surface area contributed by atoms with E-state index in [0.717, 1.165) is 50.5 Å². The smallest absolute Gasteiger partial charge is 0.304 e. The Bertz CT molecular complexity index is 1330. The van der Waals surface area contributed by atoms with Crippen molar-refractivity contribution in [2.45, 2.75) is 155 Å². The minimum atomic E-state index is -0.922. The number of aliphatic carboxylic acids is 1. The van der Waals surface area contributed by atoms with Crippen LogP contribution in [0.1, 0.15) is 152 Å². The van der Waals surface area contributed by atoms with E-state index in [2.05, 4.69) is 29.4 Å². The van der Waals surface area contributed by atoms with Gasteiger partial charge in [-0.15, -0.1) is 0 Å². The Hall–Kier alpha value is -2.97. The normalized spacial score (nSPS) is 23.0. The second-order valence-corrected chi connectivity index (χ2v) is 15.8. The molecular formula is C41H62N2O6. The average molecular weight is 679 g/mol. The topological polar surface area (TPSA) is 118 Å². The van der Waals surface area contributed by atoms with E-state index in [1.807, 2.05) is 45.9 Å². The molecular weight excluding hydrogens is 616 g/mol. The summed E-state index contributed by atoms with van der Waals surface area (Å²) in [5, 5.41) is 13.6. The van der Waals surface area contributed by atoms with Crippen LogP contribution < -0.4 is 5.32 Å². The number of ketones is 1. The zero-order chi connectivity index (χ0) is 35.4. The predicted molar refractivity (Wildman–Crippen MR) is 194 cm³/mol. The maximum absolute atomic E-state index is 14.2. The van der Waals surface area contributed by atoms with Gasteiger partial charge in [0.1, 0.15) is 6.10 Å². The number of carbonyl (C=O) groups excluding carboxylic acids is 2. The quantitative estimate of drug-likeness (QED) is 0.101. The first kappa shape index (κ1) is 38.8. The summed E-state index contributed by atoms with van der Waals surface area (Å²) < 4.78 is 12.1. The number of carboxylic acids is 1. The van der Waals surface area contributed by atoms with Crippen molar-refractivity contribution in [3.05, 3.63) is 59.4 Å². The fraction of sp³-hybridized carbons (Fsp3) is 0.683. The van der Waals surface area contributed by atoms with Crippen LogP contribution in [0, 0.1) is 17.3 Å². The summed E-state index contributed by atoms with van der Waals surface area (Å²) in [6.07, 6.45) is 15.6. The summed E-state index contributed by atoms with van der Waals surface area (Å²) in [6, 6.07) is 11.8. The third-order valence-electron chi connectivity index (χ3n) is 10.7. The molecule has 8 nitrogen and oxygen atoms in total. The van der Waals surface area contributed by atoms with Crippen LogP contribution in [-0.2, 0) is 25.5 Å². The van der Waals surface area contributed by atoms with E-state index < -0.39 is 29.2 Å². The lowest BCUT2D eigenvalue weighted by Crippen LogP contribution is -2.53. The summed E-state index contributed by atoms with van der Waals surface area (Å²) in [5.41, 5.74) is 1.69. The third-order valence-corrected chi connectivity index (χ3v) is 10.7. The Morgan fingerprint density at radius 2 is 1.61 bits per heavy atom. The molecule has 1 aliphatic heterocycles. The number of hydrogen-bond donors (Lipinski definition) is 3.